The maximum absolute atomic E-state index is 2.47. The van der Waals surface area contributed by atoms with Crippen LogP contribution in [0.4, 0.5) is 0 Å². The largest absolute Gasteiger partial charge is 0.0616 e. The third kappa shape index (κ3) is 5.77. The molecule has 0 atom stereocenters. The minimum Gasteiger partial charge on any atom is -0.0616 e. The Balaban J connectivity index is 1.16. The fourth-order valence-corrected chi connectivity index (χ4v) is 10.7. The van der Waals surface area contributed by atoms with E-state index in [4.69, 9.17) is 0 Å². The van der Waals surface area contributed by atoms with Crippen molar-refractivity contribution in [2.75, 3.05) is 0 Å². The van der Waals surface area contributed by atoms with E-state index in [0.717, 1.165) is 0 Å². The van der Waals surface area contributed by atoms with Gasteiger partial charge in [-0.15, -0.1) is 0 Å². The molecule has 0 saturated heterocycles. The summed E-state index contributed by atoms with van der Waals surface area (Å²) >= 11 is 0. The third-order valence-corrected chi connectivity index (χ3v) is 13.7. The zero-order valence-corrected chi connectivity index (χ0v) is 35.1. The van der Waals surface area contributed by atoms with E-state index in [-0.39, 0.29) is 0 Å². The van der Waals surface area contributed by atoms with E-state index < -0.39 is 0 Å². The van der Waals surface area contributed by atoms with Crippen LogP contribution in [0, 0.1) is 0 Å². The molecule has 0 aliphatic heterocycles. The topological polar surface area (TPSA) is 0 Å². The molecule has 0 aliphatic carbocycles. The van der Waals surface area contributed by atoms with Crippen molar-refractivity contribution >= 4 is 75.4 Å². The van der Waals surface area contributed by atoms with Gasteiger partial charge in [0.25, 0.3) is 0 Å². The van der Waals surface area contributed by atoms with E-state index in [0.29, 0.717) is 0 Å². The maximum atomic E-state index is 2.47. The summed E-state index contributed by atoms with van der Waals surface area (Å²) in [5.41, 5.74) is 12.3. The van der Waals surface area contributed by atoms with Crippen LogP contribution in [0.1, 0.15) is 0 Å². The first-order valence-corrected chi connectivity index (χ1v) is 22.2. The molecule has 13 rings (SSSR count). The van der Waals surface area contributed by atoms with E-state index in [1.165, 1.54) is 131 Å². The molecule has 0 radical (unpaired) electrons. The van der Waals surface area contributed by atoms with Gasteiger partial charge in [-0.2, -0.15) is 0 Å². The molecule has 0 heteroatoms. The van der Waals surface area contributed by atoms with Gasteiger partial charge in [0.2, 0.25) is 0 Å². The minimum atomic E-state index is 1.19. The molecular weight excluding hydrogens is 769 g/mol. The summed E-state index contributed by atoms with van der Waals surface area (Å²) in [4.78, 5) is 0. The Morgan fingerprint density at radius 2 is 0.469 bits per heavy atom. The van der Waals surface area contributed by atoms with E-state index in [9.17, 15) is 0 Å². The molecular formula is C64H40. The third-order valence-electron chi connectivity index (χ3n) is 13.7. The Morgan fingerprint density at radius 3 is 0.922 bits per heavy atom. The van der Waals surface area contributed by atoms with Crippen LogP contribution in [0.15, 0.2) is 243 Å². The van der Waals surface area contributed by atoms with Gasteiger partial charge in [-0.05, 0) is 143 Å². The van der Waals surface area contributed by atoms with Crippen molar-refractivity contribution in [2.45, 2.75) is 0 Å². The zero-order valence-electron chi connectivity index (χ0n) is 35.1. The van der Waals surface area contributed by atoms with Crippen LogP contribution < -0.4 is 0 Å². The SMILES string of the molecule is c1ccc2c(-c3ccc(-c4ccc(-c5cccc6ccccc56)c5c6cc(-c7cccc8ccccc78)ccc6c6ccc(-c7cccc8ccccc78)cc6c45)cc3)cccc2c1. The Morgan fingerprint density at radius 1 is 0.156 bits per heavy atom. The summed E-state index contributed by atoms with van der Waals surface area (Å²) in [6.07, 6.45) is 0. The number of rotatable bonds is 5. The van der Waals surface area contributed by atoms with Crippen LogP contribution in [-0.2, 0) is 0 Å². The molecule has 0 nitrogen and oxygen atoms in total. The average molecular weight is 809 g/mol. The van der Waals surface area contributed by atoms with Crippen LogP contribution in [0.3, 0.4) is 0 Å². The number of fused-ring (bicyclic) bond motifs is 10. The van der Waals surface area contributed by atoms with Gasteiger partial charge in [0.1, 0.15) is 0 Å². The van der Waals surface area contributed by atoms with Crippen LogP contribution in [-0.4, -0.2) is 0 Å². The number of benzene rings is 13. The van der Waals surface area contributed by atoms with Crippen LogP contribution >= 0.6 is 0 Å². The number of hydrogen-bond donors (Lipinski definition) is 0. The molecule has 0 fully saturated rings. The van der Waals surface area contributed by atoms with Crippen LogP contribution in [0.2, 0.25) is 0 Å². The second kappa shape index (κ2) is 14.7. The van der Waals surface area contributed by atoms with E-state index in [1.807, 2.05) is 0 Å². The minimum absolute atomic E-state index is 1.19. The molecule has 64 heavy (non-hydrogen) atoms. The Hall–Kier alpha value is -8.32. The molecule has 0 bridgehead atoms. The first-order chi connectivity index (χ1) is 31.7. The summed E-state index contributed by atoms with van der Waals surface area (Å²) < 4.78 is 0. The van der Waals surface area contributed by atoms with Crippen molar-refractivity contribution in [3.63, 3.8) is 0 Å². The summed E-state index contributed by atoms with van der Waals surface area (Å²) in [6.45, 7) is 0. The number of hydrogen-bond acceptors (Lipinski definition) is 0. The highest BCUT2D eigenvalue weighted by molar-refractivity contribution is 6.33. The Kier molecular flexibility index (Phi) is 8.32. The van der Waals surface area contributed by atoms with Gasteiger partial charge < -0.3 is 0 Å². The standard InChI is InChI=1S/C64H40/c1-5-21-49-41(13-1)17-9-25-52(49)45-29-31-46(32-30-45)56-37-38-60(57-28-12-20-44-16-4-8-24-53(44)57)64-62-40-48(55-27-11-19-43-15-3-7-23-51(43)55)34-36-59(62)58-35-33-47(39-61(58)63(56)64)54-26-10-18-42-14-2-6-22-50(42)54/h1-40H. The normalized spacial score (nSPS) is 11.8. The monoisotopic (exact) mass is 808 g/mol. The van der Waals surface area contributed by atoms with Gasteiger partial charge in [0.15, 0.2) is 0 Å². The van der Waals surface area contributed by atoms with Gasteiger partial charge in [-0.1, -0.05) is 231 Å². The fourth-order valence-electron chi connectivity index (χ4n) is 10.7. The second-order valence-electron chi connectivity index (χ2n) is 17.1. The summed E-state index contributed by atoms with van der Waals surface area (Å²) in [5.74, 6) is 0. The van der Waals surface area contributed by atoms with Gasteiger partial charge in [0, 0.05) is 0 Å². The summed E-state index contributed by atoms with van der Waals surface area (Å²) in [7, 11) is 0. The maximum Gasteiger partial charge on any atom is -0.00137 e. The molecule has 0 amide bonds. The van der Waals surface area contributed by atoms with Crippen molar-refractivity contribution in [1.29, 1.82) is 0 Å². The molecule has 0 unspecified atom stereocenters. The molecule has 0 aromatic heterocycles. The Bertz CT molecular complexity index is 3980. The molecule has 296 valence electrons. The van der Waals surface area contributed by atoms with E-state index >= 15 is 0 Å². The highest BCUT2D eigenvalue weighted by Crippen LogP contribution is 2.48. The van der Waals surface area contributed by atoms with Crippen molar-refractivity contribution in [3.8, 4) is 55.6 Å². The van der Waals surface area contributed by atoms with Crippen molar-refractivity contribution < 1.29 is 0 Å². The lowest BCUT2D eigenvalue weighted by molar-refractivity contribution is 1.62. The lowest BCUT2D eigenvalue weighted by Crippen LogP contribution is -1.93. The van der Waals surface area contributed by atoms with Crippen LogP contribution in [0.5, 0.6) is 0 Å². The predicted octanol–water partition coefficient (Wildman–Crippen LogP) is 18.1. The van der Waals surface area contributed by atoms with E-state index in [1.54, 1.807) is 0 Å². The lowest BCUT2D eigenvalue weighted by Gasteiger charge is -2.20. The first kappa shape index (κ1) is 36.3. The lowest BCUT2D eigenvalue weighted by atomic mass is 9.82. The Labute approximate surface area is 371 Å². The molecule has 13 aromatic carbocycles. The first-order valence-electron chi connectivity index (χ1n) is 22.2. The molecule has 0 N–H and O–H groups in total. The van der Waals surface area contributed by atoms with Gasteiger partial charge in [0.05, 0.1) is 0 Å². The zero-order chi connectivity index (χ0) is 42.1. The molecule has 0 spiro atoms. The fraction of sp³-hybridized carbons (Fsp3) is 0. The van der Waals surface area contributed by atoms with Crippen molar-refractivity contribution in [2.24, 2.45) is 0 Å². The highest BCUT2D eigenvalue weighted by atomic mass is 14.2. The van der Waals surface area contributed by atoms with Crippen LogP contribution in [0.25, 0.3) is 131 Å². The molecule has 0 heterocycles. The van der Waals surface area contributed by atoms with Crippen molar-refractivity contribution in [1.82, 2.24) is 0 Å². The smallest absolute Gasteiger partial charge is 0.00137 e. The molecule has 0 aliphatic rings. The quantitative estimate of drug-likeness (QED) is 0.152. The summed E-state index contributed by atoms with van der Waals surface area (Å²) in [6, 6.07) is 90.2. The molecule has 0 saturated carbocycles. The van der Waals surface area contributed by atoms with Gasteiger partial charge in [-0.3, -0.25) is 0 Å². The van der Waals surface area contributed by atoms with Crippen molar-refractivity contribution in [3.05, 3.63) is 243 Å². The van der Waals surface area contributed by atoms with Gasteiger partial charge >= 0.3 is 0 Å². The highest BCUT2D eigenvalue weighted by Gasteiger charge is 2.20. The summed E-state index contributed by atoms with van der Waals surface area (Å²) in [5, 5.41) is 17.6. The average Bonchev–Trinajstić information content (AvgIpc) is 3.37. The predicted molar refractivity (Wildman–Crippen MR) is 276 cm³/mol. The second-order valence-corrected chi connectivity index (χ2v) is 17.1. The van der Waals surface area contributed by atoms with E-state index in [2.05, 4.69) is 243 Å². The molecule has 13 aromatic rings. The van der Waals surface area contributed by atoms with Gasteiger partial charge in [-0.25, -0.2) is 0 Å².